The van der Waals surface area contributed by atoms with Gasteiger partial charge in [-0.05, 0) is 36.0 Å². The molecule has 1 aliphatic rings. The van der Waals surface area contributed by atoms with Gasteiger partial charge >= 0.3 is 0 Å². The van der Waals surface area contributed by atoms with Gasteiger partial charge in [0.2, 0.25) is 0 Å². The molecule has 0 aliphatic heterocycles. The summed E-state index contributed by atoms with van der Waals surface area (Å²) in [6.07, 6.45) is 5.87. The molecule has 3 rings (SSSR count). The monoisotopic (exact) mass is 316 g/mol. The summed E-state index contributed by atoms with van der Waals surface area (Å²) in [5.41, 5.74) is 2.32. The van der Waals surface area contributed by atoms with Crippen molar-refractivity contribution in [1.82, 2.24) is 9.88 Å². The molecule has 0 amide bonds. The maximum absolute atomic E-state index is 9.85. The minimum Gasteiger partial charge on any atom is -0.395 e. The molecule has 1 atom stereocenters. The van der Waals surface area contributed by atoms with E-state index in [-0.39, 0.29) is 12.6 Å². The Morgan fingerprint density at radius 2 is 1.95 bits per heavy atom. The molecule has 0 spiro atoms. The van der Waals surface area contributed by atoms with Crippen LogP contribution in [-0.4, -0.2) is 27.6 Å². The van der Waals surface area contributed by atoms with Gasteiger partial charge in [0.1, 0.15) is 0 Å². The van der Waals surface area contributed by atoms with Crippen LogP contribution in [0.15, 0.2) is 48.8 Å². The van der Waals surface area contributed by atoms with E-state index >= 15 is 0 Å². The van der Waals surface area contributed by atoms with Gasteiger partial charge in [0.15, 0.2) is 0 Å². The number of aliphatic hydroxyl groups excluding tert-OH is 1. The van der Waals surface area contributed by atoms with Crippen LogP contribution in [0.2, 0.25) is 5.02 Å². The summed E-state index contributed by atoms with van der Waals surface area (Å²) in [6.45, 7) is 1.75. The Labute approximate surface area is 136 Å². The van der Waals surface area contributed by atoms with Gasteiger partial charge < -0.3 is 5.11 Å². The highest BCUT2D eigenvalue weighted by molar-refractivity contribution is 6.31. The number of hydrogen-bond donors (Lipinski definition) is 1. The molecular weight excluding hydrogens is 296 g/mol. The first-order chi connectivity index (χ1) is 10.8. The van der Waals surface area contributed by atoms with E-state index < -0.39 is 0 Å². The predicted octanol–water partition coefficient (Wildman–Crippen LogP) is 3.51. The lowest BCUT2D eigenvalue weighted by atomic mass is 10.1. The van der Waals surface area contributed by atoms with Crippen LogP contribution in [0, 0.1) is 5.92 Å². The number of aromatic nitrogens is 1. The van der Waals surface area contributed by atoms with Crippen molar-refractivity contribution in [2.24, 2.45) is 5.92 Å². The van der Waals surface area contributed by atoms with E-state index in [1.807, 2.05) is 12.1 Å². The fraction of sp³-hybridized carbons (Fsp3) is 0.389. The summed E-state index contributed by atoms with van der Waals surface area (Å²) in [6, 6.07) is 12.5. The zero-order valence-electron chi connectivity index (χ0n) is 12.5. The Bertz CT molecular complexity index is 601. The molecule has 116 valence electrons. The minimum atomic E-state index is 0.195. The minimum absolute atomic E-state index is 0.195. The Morgan fingerprint density at radius 1 is 1.18 bits per heavy atom. The number of nitrogens with zero attached hydrogens (tertiary/aromatic N) is 2. The largest absolute Gasteiger partial charge is 0.395 e. The molecule has 1 unspecified atom stereocenters. The maximum atomic E-state index is 9.85. The fourth-order valence-electron chi connectivity index (χ4n) is 2.90. The highest BCUT2D eigenvalue weighted by Crippen LogP contribution is 2.36. The quantitative estimate of drug-likeness (QED) is 0.849. The van der Waals surface area contributed by atoms with Gasteiger partial charge in [-0.3, -0.25) is 9.88 Å². The molecule has 22 heavy (non-hydrogen) atoms. The molecule has 3 nitrogen and oxygen atoms in total. The maximum Gasteiger partial charge on any atom is 0.0634 e. The van der Waals surface area contributed by atoms with E-state index in [9.17, 15) is 5.11 Å². The zero-order chi connectivity index (χ0) is 15.4. The lowest BCUT2D eigenvalue weighted by Crippen LogP contribution is -2.38. The average molecular weight is 317 g/mol. The molecule has 0 saturated heterocycles. The Morgan fingerprint density at radius 3 is 2.59 bits per heavy atom. The molecular formula is C18H21ClN2O. The molecule has 4 heteroatoms. The average Bonchev–Trinajstić information content (AvgIpc) is 3.36. The van der Waals surface area contributed by atoms with E-state index in [0.717, 1.165) is 18.7 Å². The first-order valence-electron chi connectivity index (χ1n) is 7.75. The molecule has 1 aromatic heterocycles. The van der Waals surface area contributed by atoms with E-state index in [0.29, 0.717) is 10.9 Å². The number of rotatable bonds is 7. The first kappa shape index (κ1) is 15.5. The molecule has 1 heterocycles. The number of halogens is 1. The van der Waals surface area contributed by atoms with Gasteiger partial charge in [-0.25, -0.2) is 0 Å². The molecule has 1 fully saturated rings. The molecule has 1 saturated carbocycles. The fourth-order valence-corrected chi connectivity index (χ4v) is 3.08. The number of benzene rings is 1. The molecule has 0 radical (unpaired) electrons. The van der Waals surface area contributed by atoms with Crippen molar-refractivity contribution in [2.45, 2.75) is 32.0 Å². The number of hydrogen-bond acceptors (Lipinski definition) is 3. The van der Waals surface area contributed by atoms with Crippen LogP contribution in [-0.2, 0) is 13.1 Å². The van der Waals surface area contributed by atoms with E-state index in [1.54, 1.807) is 12.4 Å². The predicted molar refractivity (Wildman–Crippen MR) is 88.5 cm³/mol. The van der Waals surface area contributed by atoms with Crippen molar-refractivity contribution >= 4 is 11.6 Å². The summed E-state index contributed by atoms with van der Waals surface area (Å²) in [4.78, 5) is 6.39. The SMILES string of the molecule is OCC(C1CC1)N(Cc1ccccc1)Cc1ccncc1Cl. The molecule has 0 bridgehead atoms. The molecule has 1 N–H and O–H groups in total. The second kappa shape index (κ2) is 7.23. The Kier molecular flexibility index (Phi) is 5.08. The summed E-state index contributed by atoms with van der Waals surface area (Å²) >= 11 is 6.26. The third-order valence-corrected chi connectivity index (χ3v) is 4.62. The summed E-state index contributed by atoms with van der Waals surface area (Å²) in [5.74, 6) is 0.606. The standard InChI is InChI=1S/C18H21ClN2O/c19-17-10-20-9-8-16(17)12-21(18(13-22)15-6-7-15)11-14-4-2-1-3-5-14/h1-5,8-10,15,18,22H,6-7,11-13H2. The number of aliphatic hydroxyl groups is 1. The summed E-state index contributed by atoms with van der Waals surface area (Å²) in [7, 11) is 0. The van der Waals surface area contributed by atoms with Gasteiger partial charge in [0, 0.05) is 31.5 Å². The van der Waals surface area contributed by atoms with Gasteiger partial charge in [-0.2, -0.15) is 0 Å². The van der Waals surface area contributed by atoms with Gasteiger partial charge in [-0.15, -0.1) is 0 Å². The van der Waals surface area contributed by atoms with Crippen LogP contribution in [0.3, 0.4) is 0 Å². The van der Waals surface area contributed by atoms with Gasteiger partial charge in [0.25, 0.3) is 0 Å². The van der Waals surface area contributed by atoms with E-state index in [4.69, 9.17) is 11.6 Å². The molecule has 1 aliphatic carbocycles. The van der Waals surface area contributed by atoms with E-state index in [2.05, 4.69) is 34.1 Å². The van der Waals surface area contributed by atoms with Crippen molar-refractivity contribution in [3.05, 3.63) is 64.9 Å². The third kappa shape index (κ3) is 3.86. The lowest BCUT2D eigenvalue weighted by Gasteiger charge is -2.31. The van der Waals surface area contributed by atoms with Crippen molar-refractivity contribution in [3.8, 4) is 0 Å². The highest BCUT2D eigenvalue weighted by Gasteiger charge is 2.35. The van der Waals surface area contributed by atoms with Crippen LogP contribution >= 0.6 is 11.6 Å². The Hall–Kier alpha value is -1.42. The smallest absolute Gasteiger partial charge is 0.0634 e. The van der Waals surface area contributed by atoms with Crippen molar-refractivity contribution in [1.29, 1.82) is 0 Å². The van der Waals surface area contributed by atoms with Crippen molar-refractivity contribution in [3.63, 3.8) is 0 Å². The Balaban J connectivity index is 1.80. The zero-order valence-corrected chi connectivity index (χ0v) is 13.3. The van der Waals surface area contributed by atoms with Gasteiger partial charge in [-0.1, -0.05) is 41.9 Å². The molecule has 2 aromatic rings. The normalized spacial score (nSPS) is 16.0. The second-order valence-corrected chi connectivity index (χ2v) is 6.35. The van der Waals surface area contributed by atoms with E-state index in [1.165, 1.54) is 18.4 Å². The first-order valence-corrected chi connectivity index (χ1v) is 8.13. The van der Waals surface area contributed by atoms with Crippen LogP contribution in [0.5, 0.6) is 0 Å². The summed E-state index contributed by atoms with van der Waals surface area (Å²) in [5, 5.41) is 10.5. The number of pyridine rings is 1. The van der Waals surface area contributed by atoms with Crippen LogP contribution in [0.25, 0.3) is 0 Å². The topological polar surface area (TPSA) is 36.4 Å². The van der Waals surface area contributed by atoms with Crippen LogP contribution < -0.4 is 0 Å². The second-order valence-electron chi connectivity index (χ2n) is 5.95. The van der Waals surface area contributed by atoms with Crippen molar-refractivity contribution in [2.75, 3.05) is 6.61 Å². The van der Waals surface area contributed by atoms with Gasteiger partial charge in [0.05, 0.1) is 11.6 Å². The highest BCUT2D eigenvalue weighted by atomic mass is 35.5. The van der Waals surface area contributed by atoms with Crippen LogP contribution in [0.1, 0.15) is 24.0 Å². The van der Waals surface area contributed by atoms with Crippen molar-refractivity contribution < 1.29 is 5.11 Å². The third-order valence-electron chi connectivity index (χ3n) is 4.28. The summed E-state index contributed by atoms with van der Waals surface area (Å²) < 4.78 is 0. The molecule has 1 aromatic carbocycles. The van der Waals surface area contributed by atoms with Crippen LogP contribution in [0.4, 0.5) is 0 Å². The lowest BCUT2D eigenvalue weighted by molar-refractivity contribution is 0.0945.